The second-order valence-electron chi connectivity index (χ2n) is 2.66. The van der Waals surface area contributed by atoms with Crippen molar-refractivity contribution in [1.29, 1.82) is 0 Å². The molecule has 0 aromatic heterocycles. The predicted molar refractivity (Wildman–Crippen MR) is 56.5 cm³/mol. The van der Waals surface area contributed by atoms with Crippen molar-refractivity contribution >= 4 is 0 Å². The molecule has 0 aliphatic carbocycles. The molecule has 0 atom stereocenters. The van der Waals surface area contributed by atoms with Crippen molar-refractivity contribution in [2.45, 2.75) is 12.8 Å². The second-order valence-corrected chi connectivity index (χ2v) is 2.66. The molecule has 0 unspecified atom stereocenters. The van der Waals surface area contributed by atoms with Crippen LogP contribution in [0.25, 0.3) is 0 Å². The van der Waals surface area contributed by atoms with Gasteiger partial charge in [-0.2, -0.15) is 0 Å². The Hall–Kier alpha value is -0.800. The molecule has 76 valence electrons. The maximum atomic E-state index is 5.11. The summed E-state index contributed by atoms with van der Waals surface area (Å²) in [5, 5.41) is 6.11. The van der Waals surface area contributed by atoms with Gasteiger partial charge in [0.2, 0.25) is 0 Å². The molecule has 0 heterocycles. The highest BCUT2D eigenvalue weighted by atomic mass is 16.5. The Kier molecular flexibility index (Phi) is 10.5. The molecule has 0 rings (SSSR count). The lowest BCUT2D eigenvalue weighted by Gasteiger charge is -1.93. The standard InChI is InChI=1S/C10H20N2O/c1-11-7-3-5-9-13-10-6-4-8-12-2/h5-6,9-12H,3-4,7-8H2,1-2H3. The Labute approximate surface area is 80.9 Å². The van der Waals surface area contributed by atoms with Gasteiger partial charge in [0, 0.05) is 0 Å². The Balaban J connectivity index is 3.13. The van der Waals surface area contributed by atoms with Crippen LogP contribution in [0.5, 0.6) is 0 Å². The Morgan fingerprint density at radius 2 is 1.38 bits per heavy atom. The summed E-state index contributed by atoms with van der Waals surface area (Å²) in [6.45, 7) is 1.98. The summed E-state index contributed by atoms with van der Waals surface area (Å²) in [4.78, 5) is 0. The van der Waals surface area contributed by atoms with Crippen LogP contribution < -0.4 is 10.6 Å². The van der Waals surface area contributed by atoms with Crippen LogP contribution in [-0.2, 0) is 4.74 Å². The average molecular weight is 184 g/mol. The van der Waals surface area contributed by atoms with E-state index in [0.29, 0.717) is 0 Å². The van der Waals surface area contributed by atoms with Crippen molar-refractivity contribution in [2.75, 3.05) is 27.2 Å². The van der Waals surface area contributed by atoms with Crippen molar-refractivity contribution in [3.63, 3.8) is 0 Å². The Bertz CT molecular complexity index is 128. The zero-order chi connectivity index (χ0) is 9.78. The molecule has 0 aromatic rings. The highest BCUT2D eigenvalue weighted by Gasteiger charge is 1.77. The van der Waals surface area contributed by atoms with Crippen molar-refractivity contribution < 1.29 is 4.74 Å². The number of rotatable bonds is 8. The smallest absolute Gasteiger partial charge is 0.0861 e. The molecule has 0 spiro atoms. The van der Waals surface area contributed by atoms with Gasteiger partial charge in [0.15, 0.2) is 0 Å². The van der Waals surface area contributed by atoms with Crippen molar-refractivity contribution in [1.82, 2.24) is 10.6 Å². The number of hydrogen-bond donors (Lipinski definition) is 2. The van der Waals surface area contributed by atoms with Gasteiger partial charge in [0.1, 0.15) is 0 Å². The molecule has 0 saturated carbocycles. The molecule has 0 aliphatic rings. The summed E-state index contributed by atoms with van der Waals surface area (Å²) in [5.74, 6) is 0. The summed E-state index contributed by atoms with van der Waals surface area (Å²) in [5.41, 5.74) is 0. The van der Waals surface area contributed by atoms with E-state index in [1.54, 1.807) is 12.5 Å². The van der Waals surface area contributed by atoms with Gasteiger partial charge in [-0.05, 0) is 52.2 Å². The van der Waals surface area contributed by atoms with E-state index in [9.17, 15) is 0 Å². The summed E-state index contributed by atoms with van der Waals surface area (Å²) in [7, 11) is 3.87. The maximum Gasteiger partial charge on any atom is 0.0861 e. The summed E-state index contributed by atoms with van der Waals surface area (Å²) < 4.78 is 5.11. The Morgan fingerprint density at radius 3 is 1.77 bits per heavy atom. The molecular weight excluding hydrogens is 164 g/mol. The minimum atomic E-state index is 0.989. The predicted octanol–water partition coefficient (Wildman–Crippen LogP) is 1.25. The molecule has 13 heavy (non-hydrogen) atoms. The van der Waals surface area contributed by atoms with Crippen molar-refractivity contribution in [3.05, 3.63) is 24.7 Å². The molecule has 0 aromatic carbocycles. The van der Waals surface area contributed by atoms with Crippen molar-refractivity contribution in [3.8, 4) is 0 Å². The van der Waals surface area contributed by atoms with Gasteiger partial charge in [0.25, 0.3) is 0 Å². The highest BCUT2D eigenvalue weighted by molar-refractivity contribution is 4.80. The van der Waals surface area contributed by atoms with Gasteiger partial charge in [-0.25, -0.2) is 0 Å². The first-order chi connectivity index (χ1) is 6.41. The molecule has 0 bridgehead atoms. The van der Waals surface area contributed by atoms with Gasteiger partial charge in [0.05, 0.1) is 12.5 Å². The molecule has 3 nitrogen and oxygen atoms in total. The molecule has 0 amide bonds. The zero-order valence-corrected chi connectivity index (χ0v) is 8.55. The first-order valence-corrected chi connectivity index (χ1v) is 4.66. The highest BCUT2D eigenvalue weighted by Crippen LogP contribution is 1.86. The third-order valence-corrected chi connectivity index (χ3v) is 1.47. The number of nitrogens with one attached hydrogen (secondary N) is 2. The van der Waals surface area contributed by atoms with Gasteiger partial charge in [-0.1, -0.05) is 0 Å². The fraction of sp³-hybridized carbons (Fsp3) is 0.600. The SMILES string of the molecule is CNCCC=COC=CCCNC. The zero-order valence-electron chi connectivity index (χ0n) is 8.55. The summed E-state index contributed by atoms with van der Waals surface area (Å²) >= 11 is 0. The third kappa shape index (κ3) is 11.2. The van der Waals surface area contributed by atoms with Crippen LogP contribution in [0.4, 0.5) is 0 Å². The van der Waals surface area contributed by atoms with E-state index >= 15 is 0 Å². The van der Waals surface area contributed by atoms with Gasteiger partial charge in [-0.3, -0.25) is 0 Å². The molecule has 0 aliphatic heterocycles. The largest absolute Gasteiger partial charge is 0.473 e. The molecule has 3 heteroatoms. The molecule has 0 radical (unpaired) electrons. The molecule has 0 saturated heterocycles. The third-order valence-electron chi connectivity index (χ3n) is 1.47. The lowest BCUT2D eigenvalue weighted by Crippen LogP contribution is -2.05. The van der Waals surface area contributed by atoms with Crippen molar-refractivity contribution in [2.24, 2.45) is 0 Å². The van der Waals surface area contributed by atoms with Gasteiger partial charge in [-0.15, -0.1) is 0 Å². The first kappa shape index (κ1) is 12.2. The van der Waals surface area contributed by atoms with Crippen LogP contribution in [0.1, 0.15) is 12.8 Å². The molecule has 0 fully saturated rings. The fourth-order valence-corrected chi connectivity index (χ4v) is 0.748. The Morgan fingerprint density at radius 1 is 0.923 bits per heavy atom. The quantitative estimate of drug-likeness (QED) is 0.440. The normalized spacial score (nSPS) is 11.5. The van der Waals surface area contributed by atoms with Crippen LogP contribution in [0.2, 0.25) is 0 Å². The van der Waals surface area contributed by atoms with Crippen LogP contribution in [0, 0.1) is 0 Å². The van der Waals surface area contributed by atoms with Crippen LogP contribution in [0.3, 0.4) is 0 Å². The van der Waals surface area contributed by atoms with E-state index in [1.807, 2.05) is 26.2 Å². The van der Waals surface area contributed by atoms with Crippen LogP contribution >= 0.6 is 0 Å². The molecule has 2 N–H and O–H groups in total. The number of ether oxygens (including phenoxy) is 1. The van der Waals surface area contributed by atoms with Crippen LogP contribution in [0.15, 0.2) is 24.7 Å². The summed E-state index contributed by atoms with van der Waals surface area (Å²) in [6, 6.07) is 0. The lowest BCUT2D eigenvalue weighted by atomic mass is 10.4. The second kappa shape index (κ2) is 11.2. The van der Waals surface area contributed by atoms with E-state index in [1.165, 1.54) is 0 Å². The molecular formula is C10H20N2O. The monoisotopic (exact) mass is 184 g/mol. The minimum absolute atomic E-state index is 0.989. The van der Waals surface area contributed by atoms with E-state index in [-0.39, 0.29) is 0 Å². The average Bonchev–Trinajstić information content (AvgIpc) is 2.16. The summed E-state index contributed by atoms with van der Waals surface area (Å²) in [6.07, 6.45) is 9.43. The van der Waals surface area contributed by atoms with E-state index in [0.717, 1.165) is 25.9 Å². The van der Waals surface area contributed by atoms with Gasteiger partial charge >= 0.3 is 0 Å². The first-order valence-electron chi connectivity index (χ1n) is 4.66. The van der Waals surface area contributed by atoms with Crippen LogP contribution in [-0.4, -0.2) is 27.2 Å². The fourth-order valence-electron chi connectivity index (χ4n) is 0.748. The topological polar surface area (TPSA) is 33.3 Å². The minimum Gasteiger partial charge on any atom is -0.473 e. The number of hydrogen-bond acceptors (Lipinski definition) is 3. The van der Waals surface area contributed by atoms with E-state index in [4.69, 9.17) is 4.74 Å². The lowest BCUT2D eigenvalue weighted by molar-refractivity contribution is 0.398. The van der Waals surface area contributed by atoms with E-state index in [2.05, 4.69) is 10.6 Å². The van der Waals surface area contributed by atoms with Gasteiger partial charge < -0.3 is 15.4 Å². The maximum absolute atomic E-state index is 5.11. The van der Waals surface area contributed by atoms with E-state index < -0.39 is 0 Å².